The lowest BCUT2D eigenvalue weighted by molar-refractivity contribution is -0.141. The van der Waals surface area contributed by atoms with Crippen LogP contribution >= 0.6 is 23.2 Å². The summed E-state index contributed by atoms with van der Waals surface area (Å²) in [6.45, 7) is 7.09. The van der Waals surface area contributed by atoms with Crippen LogP contribution in [0.1, 0.15) is 44.7 Å². The summed E-state index contributed by atoms with van der Waals surface area (Å²) in [6.07, 6.45) is 1.07. The zero-order chi connectivity index (χ0) is 26.3. The van der Waals surface area contributed by atoms with Gasteiger partial charge in [0.1, 0.15) is 6.04 Å². The number of aryl methyl sites for hydroxylation is 1. The summed E-state index contributed by atoms with van der Waals surface area (Å²) in [4.78, 5) is 28.0. The molecule has 0 radical (unpaired) electrons. The van der Waals surface area contributed by atoms with E-state index in [4.69, 9.17) is 23.2 Å². The zero-order valence-corrected chi connectivity index (χ0v) is 23.0. The second-order valence-electron chi connectivity index (χ2n) is 8.57. The van der Waals surface area contributed by atoms with Crippen molar-refractivity contribution >= 4 is 45.0 Å². The standard InChI is InChI=1S/C25H33Cl2N3O4S/c1-6-18(4)28-25(32)23(7-2)30(15-19-10-11-20(26)14-22(19)27)24(31)16-29(5)35(33,34)21-12-8-17(3)9-13-21/h8-14,18,23H,6-7,15-16H2,1-5H3,(H,28,32)/t18-,23+/m0/s1. The number of carbonyl (C=O) groups is 2. The fraction of sp³-hybridized carbons (Fsp3) is 0.440. The Morgan fingerprint density at radius 3 is 2.20 bits per heavy atom. The average Bonchev–Trinajstić information content (AvgIpc) is 2.80. The van der Waals surface area contributed by atoms with E-state index >= 15 is 0 Å². The minimum Gasteiger partial charge on any atom is -0.352 e. The number of benzene rings is 2. The van der Waals surface area contributed by atoms with Crippen LogP contribution in [0, 0.1) is 6.92 Å². The van der Waals surface area contributed by atoms with E-state index in [1.807, 2.05) is 20.8 Å². The van der Waals surface area contributed by atoms with E-state index in [9.17, 15) is 18.0 Å². The molecule has 2 atom stereocenters. The maximum atomic E-state index is 13.5. The Kier molecular flexibility index (Phi) is 10.6. The number of hydrogen-bond donors (Lipinski definition) is 1. The van der Waals surface area contributed by atoms with Crippen LogP contribution in [0.2, 0.25) is 10.0 Å². The Balaban J connectivity index is 2.37. The lowest BCUT2D eigenvalue weighted by atomic mass is 10.1. The molecule has 7 nitrogen and oxygen atoms in total. The molecule has 10 heteroatoms. The number of amides is 2. The second kappa shape index (κ2) is 12.7. The van der Waals surface area contributed by atoms with E-state index in [1.54, 1.807) is 37.3 Å². The predicted molar refractivity (Wildman–Crippen MR) is 140 cm³/mol. The van der Waals surface area contributed by atoms with Gasteiger partial charge < -0.3 is 10.2 Å². The van der Waals surface area contributed by atoms with Gasteiger partial charge in [-0.15, -0.1) is 0 Å². The van der Waals surface area contributed by atoms with E-state index in [1.165, 1.54) is 24.1 Å². The number of likely N-dealkylation sites (N-methyl/N-ethyl adjacent to an activating group) is 1. The van der Waals surface area contributed by atoms with E-state index in [-0.39, 0.29) is 23.4 Å². The van der Waals surface area contributed by atoms with Crippen molar-refractivity contribution < 1.29 is 18.0 Å². The number of halogens is 2. The van der Waals surface area contributed by atoms with Gasteiger partial charge in [-0.05, 0) is 56.5 Å². The van der Waals surface area contributed by atoms with Crippen LogP contribution in [-0.4, -0.2) is 55.1 Å². The van der Waals surface area contributed by atoms with Crippen LogP contribution in [-0.2, 0) is 26.2 Å². The number of nitrogens with one attached hydrogen (secondary N) is 1. The first-order chi connectivity index (χ1) is 16.4. The molecule has 0 saturated carbocycles. The summed E-state index contributed by atoms with van der Waals surface area (Å²) < 4.78 is 27.1. The van der Waals surface area contributed by atoms with Gasteiger partial charge in [-0.1, -0.05) is 60.8 Å². The number of nitrogens with zero attached hydrogens (tertiary/aromatic N) is 2. The van der Waals surface area contributed by atoms with Crippen molar-refractivity contribution in [3.8, 4) is 0 Å². The van der Waals surface area contributed by atoms with Crippen molar-refractivity contribution in [1.82, 2.24) is 14.5 Å². The molecule has 0 heterocycles. The smallest absolute Gasteiger partial charge is 0.243 e. The van der Waals surface area contributed by atoms with Gasteiger partial charge in [-0.2, -0.15) is 4.31 Å². The highest BCUT2D eigenvalue weighted by Crippen LogP contribution is 2.24. The quantitative estimate of drug-likeness (QED) is 0.448. The lowest BCUT2D eigenvalue weighted by Gasteiger charge is -2.32. The first-order valence-electron chi connectivity index (χ1n) is 11.5. The van der Waals surface area contributed by atoms with E-state index < -0.39 is 28.5 Å². The number of carbonyl (C=O) groups excluding carboxylic acids is 2. The minimum absolute atomic E-state index is 0.0275. The van der Waals surface area contributed by atoms with Crippen LogP contribution < -0.4 is 5.32 Å². The molecule has 0 saturated heterocycles. The summed E-state index contributed by atoms with van der Waals surface area (Å²) in [5, 5.41) is 3.72. The Morgan fingerprint density at radius 1 is 1.03 bits per heavy atom. The molecular formula is C25H33Cl2N3O4S. The highest BCUT2D eigenvalue weighted by molar-refractivity contribution is 7.89. The monoisotopic (exact) mass is 541 g/mol. The van der Waals surface area contributed by atoms with Crippen LogP contribution in [0.15, 0.2) is 47.4 Å². The molecule has 2 aromatic carbocycles. The molecule has 0 aliphatic rings. The molecule has 0 unspecified atom stereocenters. The first kappa shape index (κ1) is 29.1. The van der Waals surface area contributed by atoms with Gasteiger partial charge >= 0.3 is 0 Å². The van der Waals surface area contributed by atoms with Crippen molar-refractivity contribution in [3.63, 3.8) is 0 Å². The zero-order valence-electron chi connectivity index (χ0n) is 20.7. The van der Waals surface area contributed by atoms with Crippen LogP contribution in [0.25, 0.3) is 0 Å². The van der Waals surface area contributed by atoms with Gasteiger partial charge in [0.15, 0.2) is 0 Å². The lowest BCUT2D eigenvalue weighted by Crippen LogP contribution is -2.53. The minimum atomic E-state index is -3.90. The maximum absolute atomic E-state index is 13.5. The molecule has 0 aromatic heterocycles. The third-order valence-corrected chi connectivity index (χ3v) is 8.23. The number of rotatable bonds is 11. The Morgan fingerprint density at radius 2 is 1.66 bits per heavy atom. The van der Waals surface area contributed by atoms with Crippen molar-refractivity contribution in [2.45, 2.75) is 64.1 Å². The molecule has 0 fully saturated rings. The van der Waals surface area contributed by atoms with Crippen LogP contribution in [0.3, 0.4) is 0 Å². The summed E-state index contributed by atoms with van der Waals surface area (Å²) >= 11 is 12.4. The molecule has 0 aliphatic heterocycles. The van der Waals surface area contributed by atoms with Gasteiger partial charge in [0.25, 0.3) is 0 Å². The fourth-order valence-electron chi connectivity index (χ4n) is 3.45. The number of sulfonamides is 1. The Labute approximate surface area is 218 Å². The third-order valence-electron chi connectivity index (χ3n) is 5.83. The van der Waals surface area contributed by atoms with Crippen molar-refractivity contribution in [2.75, 3.05) is 13.6 Å². The molecule has 35 heavy (non-hydrogen) atoms. The van der Waals surface area contributed by atoms with E-state index in [2.05, 4.69) is 5.32 Å². The summed E-state index contributed by atoms with van der Waals surface area (Å²) in [5.74, 6) is -0.815. The first-order valence-corrected chi connectivity index (χ1v) is 13.7. The Bertz CT molecular complexity index is 1140. The third kappa shape index (κ3) is 7.67. The van der Waals surface area contributed by atoms with Crippen molar-refractivity contribution in [3.05, 3.63) is 63.6 Å². The van der Waals surface area contributed by atoms with Gasteiger partial charge in [-0.3, -0.25) is 9.59 Å². The summed E-state index contributed by atoms with van der Waals surface area (Å²) in [7, 11) is -2.56. The van der Waals surface area contributed by atoms with Gasteiger partial charge in [-0.25, -0.2) is 8.42 Å². The molecule has 1 N–H and O–H groups in total. The largest absolute Gasteiger partial charge is 0.352 e. The normalized spacial score (nSPS) is 13.4. The molecule has 0 aliphatic carbocycles. The van der Waals surface area contributed by atoms with Gasteiger partial charge in [0, 0.05) is 29.7 Å². The van der Waals surface area contributed by atoms with Crippen molar-refractivity contribution in [1.29, 1.82) is 0 Å². The predicted octanol–water partition coefficient (Wildman–Crippen LogP) is 4.64. The van der Waals surface area contributed by atoms with Gasteiger partial charge in [0.2, 0.25) is 21.8 Å². The number of hydrogen-bond acceptors (Lipinski definition) is 4. The summed E-state index contributed by atoms with van der Waals surface area (Å²) in [6, 6.07) is 10.4. The molecule has 2 rings (SSSR count). The molecule has 2 amide bonds. The topological polar surface area (TPSA) is 86.8 Å². The SMILES string of the molecule is CC[C@H](C(=O)N[C@@H](C)CC)N(Cc1ccc(Cl)cc1Cl)C(=O)CN(C)S(=O)(=O)c1ccc(C)cc1. The average molecular weight is 543 g/mol. The summed E-state index contributed by atoms with van der Waals surface area (Å²) in [5.41, 5.74) is 1.52. The van der Waals surface area contributed by atoms with Crippen LogP contribution in [0.4, 0.5) is 0 Å². The fourth-order valence-corrected chi connectivity index (χ4v) is 5.04. The second-order valence-corrected chi connectivity index (χ2v) is 11.5. The Hall–Kier alpha value is -2.13. The molecule has 0 bridgehead atoms. The maximum Gasteiger partial charge on any atom is 0.243 e. The van der Waals surface area contributed by atoms with E-state index in [0.717, 1.165) is 16.3 Å². The van der Waals surface area contributed by atoms with Crippen molar-refractivity contribution in [2.24, 2.45) is 0 Å². The molecular weight excluding hydrogens is 509 g/mol. The molecule has 192 valence electrons. The molecule has 0 spiro atoms. The molecule has 2 aromatic rings. The van der Waals surface area contributed by atoms with Crippen LogP contribution in [0.5, 0.6) is 0 Å². The highest BCUT2D eigenvalue weighted by atomic mass is 35.5. The highest BCUT2D eigenvalue weighted by Gasteiger charge is 2.32. The van der Waals surface area contributed by atoms with E-state index in [0.29, 0.717) is 22.0 Å². The van der Waals surface area contributed by atoms with Gasteiger partial charge in [0.05, 0.1) is 11.4 Å².